The van der Waals surface area contributed by atoms with Crippen LogP contribution in [0.15, 0.2) is 53.5 Å². The van der Waals surface area contributed by atoms with Crippen molar-refractivity contribution in [3.8, 4) is 11.5 Å². The normalized spacial score (nSPS) is 15.2. The molecule has 0 N–H and O–H groups in total. The molecule has 3 heterocycles. The summed E-state index contributed by atoms with van der Waals surface area (Å²) in [5.74, 6) is 1.98. The molecule has 0 amide bonds. The van der Waals surface area contributed by atoms with Gasteiger partial charge in [0.1, 0.15) is 13.0 Å². The Kier molecular flexibility index (Phi) is 2.87. The monoisotopic (exact) mass is 254 g/mol. The standard InChI is InChI=1S/C14H14N4O/c1-17-7-3-11(4-8-17)13-15-16-14(19-13)12-5-9-18(2)10-6-12/h3-10H,1-2H3/q+1. The number of nitrogens with zero attached hydrogens (tertiary/aromatic N) is 4. The third-order valence-corrected chi connectivity index (χ3v) is 2.88. The fourth-order valence-corrected chi connectivity index (χ4v) is 1.74. The van der Waals surface area contributed by atoms with Gasteiger partial charge in [0.25, 0.3) is 0 Å². The summed E-state index contributed by atoms with van der Waals surface area (Å²) in [5, 5.41) is 8.16. The first-order valence-corrected chi connectivity index (χ1v) is 5.97. The maximum Gasteiger partial charge on any atom is 0.248 e. The van der Waals surface area contributed by atoms with Crippen LogP contribution in [0.5, 0.6) is 0 Å². The minimum absolute atomic E-state index is 0.531. The average Bonchev–Trinajstić information content (AvgIpc) is 2.90. The molecule has 0 atom stereocenters. The van der Waals surface area contributed by atoms with Gasteiger partial charge < -0.3 is 9.32 Å². The van der Waals surface area contributed by atoms with Crippen molar-refractivity contribution in [2.75, 3.05) is 7.05 Å². The van der Waals surface area contributed by atoms with Crippen molar-refractivity contribution in [3.05, 3.63) is 60.9 Å². The molecule has 0 saturated heterocycles. The highest BCUT2D eigenvalue weighted by Crippen LogP contribution is 2.23. The highest BCUT2D eigenvalue weighted by Gasteiger charge is 2.17. The minimum atomic E-state index is 0.531. The van der Waals surface area contributed by atoms with Crippen LogP contribution in [0.2, 0.25) is 0 Å². The largest absolute Gasteiger partial charge is 0.419 e. The van der Waals surface area contributed by atoms with Crippen LogP contribution in [0.4, 0.5) is 0 Å². The molecule has 0 aliphatic carbocycles. The van der Waals surface area contributed by atoms with Crippen molar-refractivity contribution < 1.29 is 8.98 Å². The molecule has 5 heteroatoms. The Hall–Kier alpha value is -2.43. The molecule has 95 valence electrons. The molecule has 1 aliphatic heterocycles. The van der Waals surface area contributed by atoms with Gasteiger partial charge in [0.05, 0.1) is 5.56 Å². The Morgan fingerprint density at radius 3 is 2.37 bits per heavy atom. The quantitative estimate of drug-likeness (QED) is 0.761. The summed E-state index contributed by atoms with van der Waals surface area (Å²) in [4.78, 5) is 1.96. The molecule has 2 aromatic heterocycles. The first-order chi connectivity index (χ1) is 9.22. The number of hydrogen-bond donors (Lipinski definition) is 0. The molecular formula is C14H14N4O+. The molecule has 1 radical (unpaired) electrons. The third-order valence-electron chi connectivity index (χ3n) is 2.88. The zero-order chi connectivity index (χ0) is 13.2. The fraction of sp³-hybridized carbons (Fsp3) is 0.143. The zero-order valence-electron chi connectivity index (χ0n) is 10.8. The molecule has 2 aromatic rings. The predicted molar refractivity (Wildman–Crippen MR) is 69.3 cm³/mol. The highest BCUT2D eigenvalue weighted by molar-refractivity contribution is 5.51. The van der Waals surface area contributed by atoms with E-state index in [4.69, 9.17) is 4.42 Å². The lowest BCUT2D eigenvalue weighted by atomic mass is 10.1. The minimum Gasteiger partial charge on any atom is -0.419 e. The fourth-order valence-electron chi connectivity index (χ4n) is 1.74. The van der Waals surface area contributed by atoms with Crippen LogP contribution in [0.25, 0.3) is 11.5 Å². The van der Waals surface area contributed by atoms with Gasteiger partial charge in [-0.3, -0.25) is 0 Å². The highest BCUT2D eigenvalue weighted by atomic mass is 16.4. The summed E-state index contributed by atoms with van der Waals surface area (Å²) >= 11 is 0. The van der Waals surface area contributed by atoms with E-state index in [1.165, 1.54) is 0 Å². The number of aryl methyl sites for hydroxylation is 1. The second-order valence-electron chi connectivity index (χ2n) is 4.42. The van der Waals surface area contributed by atoms with Gasteiger partial charge in [0.2, 0.25) is 11.8 Å². The molecule has 3 rings (SSSR count). The molecule has 0 spiro atoms. The van der Waals surface area contributed by atoms with Crippen molar-refractivity contribution >= 4 is 0 Å². The van der Waals surface area contributed by atoms with E-state index in [-0.39, 0.29) is 0 Å². The van der Waals surface area contributed by atoms with Crippen LogP contribution >= 0.6 is 0 Å². The summed E-state index contributed by atoms with van der Waals surface area (Å²) in [6.07, 6.45) is 11.7. The van der Waals surface area contributed by atoms with Gasteiger partial charge in [0, 0.05) is 31.6 Å². The van der Waals surface area contributed by atoms with E-state index < -0.39 is 0 Å². The van der Waals surface area contributed by atoms with E-state index in [1.54, 1.807) is 0 Å². The molecule has 0 unspecified atom stereocenters. The van der Waals surface area contributed by atoms with Crippen LogP contribution in [0.3, 0.4) is 0 Å². The van der Waals surface area contributed by atoms with Crippen LogP contribution < -0.4 is 4.57 Å². The lowest BCUT2D eigenvalue weighted by molar-refractivity contribution is -0.671. The number of pyridine rings is 1. The Balaban J connectivity index is 1.85. The van der Waals surface area contributed by atoms with Gasteiger partial charge >= 0.3 is 0 Å². The van der Waals surface area contributed by atoms with E-state index in [9.17, 15) is 0 Å². The lowest BCUT2D eigenvalue weighted by Gasteiger charge is -2.13. The maximum absolute atomic E-state index is 5.69. The summed E-state index contributed by atoms with van der Waals surface area (Å²) < 4.78 is 7.65. The van der Waals surface area contributed by atoms with E-state index >= 15 is 0 Å². The molecule has 1 aliphatic rings. The Morgan fingerprint density at radius 2 is 1.68 bits per heavy atom. The molecule has 0 aromatic carbocycles. The first kappa shape index (κ1) is 11.6. The summed E-state index contributed by atoms with van der Waals surface area (Å²) in [5.41, 5.74) is 0.915. The third kappa shape index (κ3) is 2.40. The number of aromatic nitrogens is 3. The van der Waals surface area contributed by atoms with Crippen molar-refractivity contribution in [2.24, 2.45) is 7.05 Å². The lowest BCUT2D eigenvalue weighted by Crippen LogP contribution is -2.25. The van der Waals surface area contributed by atoms with Crippen molar-refractivity contribution in [1.29, 1.82) is 0 Å². The average molecular weight is 254 g/mol. The van der Waals surface area contributed by atoms with Crippen LogP contribution in [0.1, 0.15) is 5.89 Å². The molecule has 19 heavy (non-hydrogen) atoms. The van der Waals surface area contributed by atoms with E-state index in [1.807, 2.05) is 72.6 Å². The topological polar surface area (TPSA) is 46.0 Å². The van der Waals surface area contributed by atoms with E-state index in [2.05, 4.69) is 10.2 Å². The smallest absolute Gasteiger partial charge is 0.248 e. The van der Waals surface area contributed by atoms with Crippen molar-refractivity contribution in [3.63, 3.8) is 0 Å². The Bertz CT molecular complexity index is 613. The molecule has 0 bridgehead atoms. The van der Waals surface area contributed by atoms with Gasteiger partial charge in [0.15, 0.2) is 12.4 Å². The predicted octanol–water partition coefficient (Wildman–Crippen LogP) is 1.46. The van der Waals surface area contributed by atoms with Gasteiger partial charge in [-0.25, -0.2) is 4.57 Å². The molecule has 0 saturated carbocycles. The molecule has 0 fully saturated rings. The second-order valence-corrected chi connectivity index (χ2v) is 4.42. The Labute approximate surface area is 111 Å². The van der Waals surface area contributed by atoms with E-state index in [0.29, 0.717) is 11.8 Å². The van der Waals surface area contributed by atoms with Crippen molar-refractivity contribution in [2.45, 2.75) is 0 Å². The first-order valence-electron chi connectivity index (χ1n) is 5.97. The van der Waals surface area contributed by atoms with Crippen LogP contribution in [-0.4, -0.2) is 22.1 Å². The summed E-state index contributed by atoms with van der Waals surface area (Å²) in [6, 6.07) is 3.89. The van der Waals surface area contributed by atoms with Gasteiger partial charge in [-0.05, 0) is 12.2 Å². The zero-order valence-corrected chi connectivity index (χ0v) is 10.8. The number of rotatable bonds is 2. The molecule has 5 nitrogen and oxygen atoms in total. The van der Waals surface area contributed by atoms with Crippen LogP contribution in [-0.2, 0) is 7.05 Å². The van der Waals surface area contributed by atoms with E-state index in [0.717, 1.165) is 11.5 Å². The summed E-state index contributed by atoms with van der Waals surface area (Å²) in [7, 11) is 3.93. The summed E-state index contributed by atoms with van der Waals surface area (Å²) in [6.45, 7) is 0. The Morgan fingerprint density at radius 1 is 1.05 bits per heavy atom. The van der Waals surface area contributed by atoms with Crippen LogP contribution in [0, 0.1) is 5.92 Å². The van der Waals surface area contributed by atoms with Gasteiger partial charge in [-0.2, -0.15) is 0 Å². The van der Waals surface area contributed by atoms with Gasteiger partial charge in [-0.15, -0.1) is 10.2 Å². The van der Waals surface area contributed by atoms with Gasteiger partial charge in [-0.1, -0.05) is 0 Å². The SMILES string of the molecule is CN1C=C[C](c2nnc(-c3cc[n+](C)cc3)o2)C=C1. The maximum atomic E-state index is 5.69. The number of allylic oxidation sites excluding steroid dienone is 2. The second kappa shape index (κ2) is 4.68. The molecular weight excluding hydrogens is 240 g/mol. The van der Waals surface area contributed by atoms with Crippen molar-refractivity contribution in [1.82, 2.24) is 15.1 Å². The number of hydrogen-bond acceptors (Lipinski definition) is 4.